The molecule has 14 heavy (non-hydrogen) atoms. The lowest BCUT2D eigenvalue weighted by molar-refractivity contribution is 0.637. The Morgan fingerprint density at radius 2 is 2.29 bits per heavy atom. The number of H-pyrrole nitrogens is 1. The van der Waals surface area contributed by atoms with Gasteiger partial charge in [-0.3, -0.25) is 0 Å². The van der Waals surface area contributed by atoms with Gasteiger partial charge in [0.2, 0.25) is 0 Å². The maximum absolute atomic E-state index is 3.87. The molecule has 0 saturated carbocycles. The summed E-state index contributed by atoms with van der Waals surface area (Å²) in [4.78, 5) is 3.46. The molecule has 0 fully saturated rings. The second kappa shape index (κ2) is 3.84. The molecule has 2 heteroatoms. The normalized spacial score (nSPS) is 15.8. The zero-order chi connectivity index (χ0) is 9.97. The van der Waals surface area contributed by atoms with E-state index in [0.29, 0.717) is 0 Å². The van der Waals surface area contributed by atoms with E-state index in [1.165, 1.54) is 22.5 Å². The summed E-state index contributed by atoms with van der Waals surface area (Å²) in [5.74, 6) is 0. The van der Waals surface area contributed by atoms with E-state index in [9.17, 15) is 0 Å². The molecule has 0 radical (unpaired) electrons. The fourth-order valence-corrected chi connectivity index (χ4v) is 2.00. The van der Waals surface area contributed by atoms with E-state index in [4.69, 9.17) is 0 Å². The number of rotatable bonds is 2. The third kappa shape index (κ3) is 1.42. The van der Waals surface area contributed by atoms with Crippen LogP contribution in [0.5, 0.6) is 0 Å². The average molecular weight is 188 g/mol. The molecule has 1 aromatic heterocycles. The highest BCUT2D eigenvalue weighted by Crippen LogP contribution is 2.24. The Balaban J connectivity index is 2.51. The van der Waals surface area contributed by atoms with Crippen molar-refractivity contribution in [2.24, 2.45) is 0 Å². The second-order valence-corrected chi connectivity index (χ2v) is 3.54. The van der Waals surface area contributed by atoms with E-state index in [2.05, 4.69) is 29.0 Å². The van der Waals surface area contributed by atoms with E-state index in [0.717, 1.165) is 19.5 Å². The van der Waals surface area contributed by atoms with Gasteiger partial charge < -0.3 is 10.3 Å². The average Bonchev–Trinajstić information content (AvgIpc) is 2.55. The van der Waals surface area contributed by atoms with Gasteiger partial charge in [-0.2, -0.15) is 0 Å². The Kier molecular flexibility index (Phi) is 2.55. The molecule has 0 amide bonds. The molecule has 0 atom stereocenters. The van der Waals surface area contributed by atoms with E-state index in [1.54, 1.807) is 0 Å². The minimum Gasteiger partial charge on any atom is -0.358 e. The van der Waals surface area contributed by atoms with Crippen molar-refractivity contribution < 1.29 is 0 Å². The lowest BCUT2D eigenvalue weighted by Crippen LogP contribution is -2.23. The van der Waals surface area contributed by atoms with E-state index >= 15 is 0 Å². The maximum Gasteiger partial charge on any atom is 0.0455 e. The van der Waals surface area contributed by atoms with E-state index < -0.39 is 0 Å². The van der Waals surface area contributed by atoms with Crippen LogP contribution in [0.2, 0.25) is 0 Å². The number of aromatic nitrogens is 1. The molecule has 74 valence electrons. The fraction of sp³-hybridized carbons (Fsp3) is 0.333. The summed E-state index contributed by atoms with van der Waals surface area (Å²) < 4.78 is 0. The van der Waals surface area contributed by atoms with Crippen molar-refractivity contribution >= 4 is 12.2 Å². The van der Waals surface area contributed by atoms with Crippen LogP contribution in [-0.4, -0.2) is 11.5 Å². The first-order valence-electron chi connectivity index (χ1n) is 5.06. The van der Waals surface area contributed by atoms with Crippen LogP contribution in [0.25, 0.3) is 12.2 Å². The Morgan fingerprint density at radius 1 is 1.43 bits per heavy atom. The van der Waals surface area contributed by atoms with Gasteiger partial charge in [-0.1, -0.05) is 18.7 Å². The lowest BCUT2D eigenvalue weighted by Gasteiger charge is -2.12. The topological polar surface area (TPSA) is 27.8 Å². The highest BCUT2D eigenvalue weighted by atomic mass is 14.9. The van der Waals surface area contributed by atoms with Gasteiger partial charge in [0.25, 0.3) is 0 Å². The van der Waals surface area contributed by atoms with Crippen molar-refractivity contribution in [3.63, 3.8) is 0 Å². The molecule has 2 rings (SSSR count). The first-order valence-corrected chi connectivity index (χ1v) is 5.06. The van der Waals surface area contributed by atoms with Crippen molar-refractivity contribution in [2.45, 2.75) is 19.9 Å². The monoisotopic (exact) mass is 188 g/mol. The predicted molar refractivity (Wildman–Crippen MR) is 61.0 cm³/mol. The molecule has 0 unspecified atom stereocenters. The molecule has 0 spiro atoms. The quantitative estimate of drug-likeness (QED) is 0.732. The molecular formula is C12H16N2. The lowest BCUT2D eigenvalue weighted by atomic mass is 10.0. The molecule has 1 aliphatic rings. The van der Waals surface area contributed by atoms with Gasteiger partial charge in [0, 0.05) is 36.5 Å². The number of aromatic amines is 1. The summed E-state index contributed by atoms with van der Waals surface area (Å²) in [5, 5.41) is 3.38. The molecule has 0 bridgehead atoms. The van der Waals surface area contributed by atoms with Crippen LogP contribution >= 0.6 is 0 Å². The molecule has 2 nitrogen and oxygen atoms in total. The van der Waals surface area contributed by atoms with Crippen molar-refractivity contribution in [3.05, 3.63) is 35.2 Å². The number of nitrogens with one attached hydrogen (secondary N) is 2. The molecule has 2 heterocycles. The van der Waals surface area contributed by atoms with E-state index in [1.807, 2.05) is 13.0 Å². The summed E-state index contributed by atoms with van der Waals surface area (Å²) >= 11 is 0. The summed E-state index contributed by atoms with van der Waals surface area (Å²) in [6.07, 6.45) is 7.19. The first kappa shape index (κ1) is 9.28. The minimum atomic E-state index is 0.963. The third-order valence-corrected chi connectivity index (χ3v) is 2.66. The maximum atomic E-state index is 3.87. The van der Waals surface area contributed by atoms with Crippen LogP contribution in [0.4, 0.5) is 0 Å². The number of hydrogen-bond acceptors (Lipinski definition) is 1. The van der Waals surface area contributed by atoms with Crippen LogP contribution in [0.1, 0.15) is 29.4 Å². The first-order chi connectivity index (χ1) is 6.86. The SMILES string of the molecule is C=Cc1c(/C=C\C)[nH]c2c1CNCC2. The van der Waals surface area contributed by atoms with Gasteiger partial charge in [0.05, 0.1) is 0 Å². The van der Waals surface area contributed by atoms with Gasteiger partial charge in [-0.05, 0) is 18.6 Å². The number of hydrogen-bond donors (Lipinski definition) is 2. The molecule has 1 aromatic rings. The molecule has 0 saturated heterocycles. The molecule has 1 aliphatic heterocycles. The standard InChI is InChI=1S/C12H16N2/c1-3-5-11-9(4-2)10-8-13-7-6-12(10)14-11/h3-5,13-14H,2,6-8H2,1H3/b5-3-. The molecular weight excluding hydrogens is 172 g/mol. The van der Waals surface area contributed by atoms with Crippen molar-refractivity contribution in [1.82, 2.24) is 10.3 Å². The van der Waals surface area contributed by atoms with Crippen LogP contribution in [-0.2, 0) is 13.0 Å². The Hall–Kier alpha value is -1.28. The summed E-state index contributed by atoms with van der Waals surface area (Å²) in [6, 6.07) is 0. The van der Waals surface area contributed by atoms with Gasteiger partial charge >= 0.3 is 0 Å². The zero-order valence-corrected chi connectivity index (χ0v) is 8.56. The number of fused-ring (bicyclic) bond motifs is 1. The highest BCUT2D eigenvalue weighted by Gasteiger charge is 2.16. The minimum absolute atomic E-state index is 0.963. The molecule has 0 aliphatic carbocycles. The summed E-state index contributed by atoms with van der Waals surface area (Å²) in [5.41, 5.74) is 5.20. The van der Waals surface area contributed by atoms with Gasteiger partial charge in [0.1, 0.15) is 0 Å². The van der Waals surface area contributed by atoms with Crippen LogP contribution < -0.4 is 5.32 Å². The predicted octanol–water partition coefficient (Wildman–Crippen LogP) is 2.34. The van der Waals surface area contributed by atoms with Crippen LogP contribution in [0.3, 0.4) is 0 Å². The van der Waals surface area contributed by atoms with Crippen LogP contribution in [0, 0.1) is 0 Å². The smallest absolute Gasteiger partial charge is 0.0455 e. The Bertz CT molecular complexity index is 372. The zero-order valence-electron chi connectivity index (χ0n) is 8.56. The van der Waals surface area contributed by atoms with Gasteiger partial charge in [0.15, 0.2) is 0 Å². The van der Waals surface area contributed by atoms with E-state index in [-0.39, 0.29) is 0 Å². The summed E-state index contributed by atoms with van der Waals surface area (Å²) in [7, 11) is 0. The van der Waals surface area contributed by atoms with Gasteiger partial charge in [-0.15, -0.1) is 0 Å². The van der Waals surface area contributed by atoms with Crippen molar-refractivity contribution in [1.29, 1.82) is 0 Å². The summed E-state index contributed by atoms with van der Waals surface area (Å²) in [6.45, 7) is 7.94. The van der Waals surface area contributed by atoms with Crippen molar-refractivity contribution in [2.75, 3.05) is 6.54 Å². The van der Waals surface area contributed by atoms with Crippen LogP contribution in [0.15, 0.2) is 12.7 Å². The van der Waals surface area contributed by atoms with Gasteiger partial charge in [-0.25, -0.2) is 0 Å². The molecule has 0 aromatic carbocycles. The fourth-order valence-electron chi connectivity index (χ4n) is 2.00. The largest absolute Gasteiger partial charge is 0.358 e. The number of allylic oxidation sites excluding steroid dienone is 1. The molecule has 2 N–H and O–H groups in total. The Morgan fingerprint density at radius 3 is 3.00 bits per heavy atom. The highest BCUT2D eigenvalue weighted by molar-refractivity contribution is 5.66. The second-order valence-electron chi connectivity index (χ2n) is 3.54. The van der Waals surface area contributed by atoms with Crippen molar-refractivity contribution in [3.8, 4) is 0 Å². The third-order valence-electron chi connectivity index (χ3n) is 2.66. The Labute approximate surface area is 84.7 Å².